The predicted molar refractivity (Wildman–Crippen MR) is 38.3 cm³/mol. The minimum absolute atomic E-state index is 0.124. The molecule has 0 spiro atoms. The normalized spacial score (nSPS) is 10.0. The van der Waals surface area contributed by atoms with Crippen molar-refractivity contribution in [1.82, 2.24) is 4.57 Å². The third kappa shape index (κ3) is 1.40. The Labute approximate surface area is 63.7 Å². The Hall–Kier alpha value is -1.29. The highest BCUT2D eigenvalue weighted by Crippen LogP contribution is 2.06. The number of nitrogens with zero attached hydrogens (tertiary/aromatic N) is 1. The molecule has 0 aromatic carbocycles. The lowest BCUT2D eigenvalue weighted by Gasteiger charge is -1.93. The van der Waals surface area contributed by atoms with E-state index in [1.807, 2.05) is 0 Å². The number of aryl methyl sites for hydroxylation is 1. The van der Waals surface area contributed by atoms with Gasteiger partial charge in [0.25, 0.3) is 0 Å². The average molecular weight is 155 g/mol. The molecular weight excluding hydrogens is 146 g/mol. The van der Waals surface area contributed by atoms with Gasteiger partial charge in [0.05, 0.1) is 6.61 Å². The second kappa shape index (κ2) is 2.75. The molecule has 0 saturated carbocycles. The monoisotopic (exact) mass is 155 g/mol. The third-order valence-electron chi connectivity index (χ3n) is 1.46. The zero-order valence-corrected chi connectivity index (χ0v) is 6.11. The van der Waals surface area contributed by atoms with Crippen LogP contribution in [0.3, 0.4) is 0 Å². The van der Waals surface area contributed by atoms with Crippen LogP contribution in [0.15, 0.2) is 12.3 Å². The quantitative estimate of drug-likeness (QED) is 0.642. The summed E-state index contributed by atoms with van der Waals surface area (Å²) in [6, 6.07) is 1.45. The maximum atomic E-state index is 10.4. The van der Waals surface area contributed by atoms with Crippen LogP contribution in [-0.4, -0.2) is 20.7 Å². The smallest absolute Gasteiger partial charge is 0.352 e. The number of hydrogen-bond acceptors (Lipinski definition) is 2. The van der Waals surface area contributed by atoms with E-state index in [4.69, 9.17) is 10.2 Å². The number of hydrogen-bond donors (Lipinski definition) is 2. The fourth-order valence-electron chi connectivity index (χ4n) is 0.932. The molecule has 0 aliphatic heterocycles. The Morgan fingerprint density at radius 2 is 2.36 bits per heavy atom. The van der Waals surface area contributed by atoms with Crippen LogP contribution in [0.2, 0.25) is 0 Å². The summed E-state index contributed by atoms with van der Waals surface area (Å²) in [6.45, 7) is -0.124. The van der Waals surface area contributed by atoms with Crippen LogP contribution < -0.4 is 0 Å². The first-order valence-electron chi connectivity index (χ1n) is 3.14. The summed E-state index contributed by atoms with van der Waals surface area (Å²) >= 11 is 0. The SMILES string of the molecule is Cn1cc(CO)cc1C(=O)O. The van der Waals surface area contributed by atoms with Gasteiger partial charge in [-0.05, 0) is 11.6 Å². The Balaban J connectivity index is 3.07. The van der Waals surface area contributed by atoms with Gasteiger partial charge in [-0.2, -0.15) is 0 Å². The summed E-state index contributed by atoms with van der Waals surface area (Å²) in [5.74, 6) is -0.979. The molecule has 1 aromatic rings. The summed E-state index contributed by atoms with van der Waals surface area (Å²) in [5, 5.41) is 17.2. The van der Waals surface area contributed by atoms with Gasteiger partial charge in [0.2, 0.25) is 0 Å². The van der Waals surface area contributed by atoms with E-state index in [1.165, 1.54) is 10.6 Å². The number of carbonyl (C=O) groups is 1. The summed E-state index contributed by atoms with van der Waals surface area (Å²) in [6.07, 6.45) is 1.59. The van der Waals surface area contributed by atoms with Gasteiger partial charge in [0.1, 0.15) is 5.69 Å². The number of aromatic carboxylic acids is 1. The second-order valence-electron chi connectivity index (χ2n) is 2.31. The van der Waals surface area contributed by atoms with Gasteiger partial charge in [-0.3, -0.25) is 0 Å². The number of aliphatic hydroxyl groups is 1. The molecule has 1 aromatic heterocycles. The van der Waals surface area contributed by atoms with Crippen LogP contribution in [0.25, 0.3) is 0 Å². The van der Waals surface area contributed by atoms with E-state index in [9.17, 15) is 4.79 Å². The highest BCUT2D eigenvalue weighted by molar-refractivity contribution is 5.86. The second-order valence-corrected chi connectivity index (χ2v) is 2.31. The third-order valence-corrected chi connectivity index (χ3v) is 1.46. The fourth-order valence-corrected chi connectivity index (χ4v) is 0.932. The lowest BCUT2D eigenvalue weighted by Crippen LogP contribution is -2.02. The molecule has 0 aliphatic rings. The van der Waals surface area contributed by atoms with E-state index >= 15 is 0 Å². The molecule has 0 fully saturated rings. The maximum Gasteiger partial charge on any atom is 0.352 e. The van der Waals surface area contributed by atoms with E-state index in [0.717, 1.165) is 0 Å². The molecule has 1 heterocycles. The van der Waals surface area contributed by atoms with Crippen molar-refractivity contribution in [3.05, 3.63) is 23.5 Å². The topological polar surface area (TPSA) is 62.5 Å². The van der Waals surface area contributed by atoms with Gasteiger partial charge in [0.15, 0.2) is 0 Å². The van der Waals surface area contributed by atoms with Crippen LogP contribution in [-0.2, 0) is 13.7 Å². The lowest BCUT2D eigenvalue weighted by atomic mass is 10.3. The van der Waals surface area contributed by atoms with E-state index in [-0.39, 0.29) is 12.3 Å². The molecule has 0 amide bonds. The van der Waals surface area contributed by atoms with Crippen molar-refractivity contribution in [3.8, 4) is 0 Å². The number of aromatic nitrogens is 1. The molecule has 0 atom stereocenters. The van der Waals surface area contributed by atoms with Crippen molar-refractivity contribution in [3.63, 3.8) is 0 Å². The van der Waals surface area contributed by atoms with E-state index in [0.29, 0.717) is 5.56 Å². The molecule has 2 N–H and O–H groups in total. The number of carboxylic acid groups (broad SMARTS) is 1. The van der Waals surface area contributed by atoms with Gasteiger partial charge in [-0.15, -0.1) is 0 Å². The van der Waals surface area contributed by atoms with Crippen LogP contribution in [0.5, 0.6) is 0 Å². The van der Waals surface area contributed by atoms with Gasteiger partial charge in [0, 0.05) is 13.2 Å². The van der Waals surface area contributed by atoms with E-state index in [1.54, 1.807) is 13.2 Å². The number of rotatable bonds is 2. The van der Waals surface area contributed by atoms with Crippen LogP contribution in [0.1, 0.15) is 16.1 Å². The van der Waals surface area contributed by atoms with E-state index in [2.05, 4.69) is 0 Å². The molecule has 4 heteroatoms. The molecular formula is C7H9NO3. The summed E-state index contributed by atoms with van der Waals surface area (Å²) < 4.78 is 1.47. The predicted octanol–water partition coefficient (Wildman–Crippen LogP) is 0.216. The minimum atomic E-state index is -0.979. The Kier molecular flexibility index (Phi) is 1.96. The molecule has 0 radical (unpaired) electrons. The molecule has 11 heavy (non-hydrogen) atoms. The standard InChI is InChI=1S/C7H9NO3/c1-8-3-5(4-9)2-6(8)7(10)11/h2-3,9H,4H2,1H3,(H,10,11). The molecule has 0 bridgehead atoms. The zero-order valence-electron chi connectivity index (χ0n) is 6.11. The van der Waals surface area contributed by atoms with Crippen LogP contribution in [0.4, 0.5) is 0 Å². The van der Waals surface area contributed by atoms with Crippen LogP contribution >= 0.6 is 0 Å². The van der Waals surface area contributed by atoms with Gasteiger partial charge in [-0.1, -0.05) is 0 Å². The van der Waals surface area contributed by atoms with Crippen molar-refractivity contribution in [1.29, 1.82) is 0 Å². The van der Waals surface area contributed by atoms with Crippen molar-refractivity contribution in [2.45, 2.75) is 6.61 Å². The molecule has 0 aliphatic carbocycles. The van der Waals surface area contributed by atoms with Crippen molar-refractivity contribution < 1.29 is 15.0 Å². The summed E-state index contributed by atoms with van der Waals surface area (Å²) in [5.41, 5.74) is 0.805. The van der Waals surface area contributed by atoms with Gasteiger partial charge >= 0.3 is 5.97 Å². The van der Waals surface area contributed by atoms with Gasteiger partial charge in [-0.25, -0.2) is 4.79 Å². The highest BCUT2D eigenvalue weighted by Gasteiger charge is 2.08. The van der Waals surface area contributed by atoms with Crippen molar-refractivity contribution in [2.75, 3.05) is 0 Å². The first-order valence-corrected chi connectivity index (χ1v) is 3.14. The first kappa shape index (κ1) is 7.81. The molecule has 0 saturated heterocycles. The summed E-state index contributed by atoms with van der Waals surface area (Å²) in [7, 11) is 1.63. The van der Waals surface area contributed by atoms with E-state index < -0.39 is 5.97 Å². The Morgan fingerprint density at radius 3 is 2.64 bits per heavy atom. The molecule has 60 valence electrons. The Bertz CT molecular complexity index is 277. The Morgan fingerprint density at radius 1 is 1.73 bits per heavy atom. The average Bonchev–Trinajstić information content (AvgIpc) is 2.30. The van der Waals surface area contributed by atoms with Crippen molar-refractivity contribution >= 4 is 5.97 Å². The van der Waals surface area contributed by atoms with Crippen LogP contribution in [0, 0.1) is 0 Å². The fraction of sp³-hybridized carbons (Fsp3) is 0.286. The number of aliphatic hydroxyl groups excluding tert-OH is 1. The largest absolute Gasteiger partial charge is 0.477 e. The molecule has 0 unspecified atom stereocenters. The summed E-state index contributed by atoms with van der Waals surface area (Å²) in [4.78, 5) is 10.4. The lowest BCUT2D eigenvalue weighted by molar-refractivity contribution is 0.0686. The maximum absolute atomic E-state index is 10.4. The zero-order chi connectivity index (χ0) is 8.43. The van der Waals surface area contributed by atoms with Gasteiger partial charge < -0.3 is 14.8 Å². The first-order chi connectivity index (χ1) is 5.15. The number of carboxylic acids is 1. The molecule has 4 nitrogen and oxygen atoms in total. The highest BCUT2D eigenvalue weighted by atomic mass is 16.4. The molecule has 1 rings (SSSR count). The van der Waals surface area contributed by atoms with Crippen molar-refractivity contribution in [2.24, 2.45) is 7.05 Å². The minimum Gasteiger partial charge on any atom is -0.477 e.